The van der Waals surface area contributed by atoms with Crippen LogP contribution in [0.3, 0.4) is 0 Å². The number of hydrogen-bond donors (Lipinski definition) is 4. The van der Waals surface area contributed by atoms with E-state index in [2.05, 4.69) is 15.0 Å². The van der Waals surface area contributed by atoms with E-state index < -0.39 is 16.9 Å². The summed E-state index contributed by atoms with van der Waals surface area (Å²) in [7, 11) is 0. The highest BCUT2D eigenvalue weighted by molar-refractivity contribution is 5.67. The molecule has 8 N–H and O–H groups in total. The second-order valence-electron chi connectivity index (χ2n) is 2.24. The molecule has 14 heavy (non-hydrogen) atoms. The van der Waals surface area contributed by atoms with Crippen molar-refractivity contribution in [3.05, 3.63) is 31.3 Å². The van der Waals surface area contributed by atoms with Crippen molar-refractivity contribution in [3.8, 4) is 0 Å². The third-order valence-electron chi connectivity index (χ3n) is 1.42. The smallest absolute Gasteiger partial charge is 0.327 e. The Bertz CT molecular complexity index is 586. The first kappa shape index (κ1) is 11.9. The first-order valence-electron chi connectivity index (χ1n) is 3.11. The van der Waals surface area contributed by atoms with Gasteiger partial charge in [0, 0.05) is 0 Å². The minimum atomic E-state index is -0.650. The molecular weight excluding hydrogens is 196 g/mol. The molecule has 0 atom stereocenters. The lowest BCUT2D eigenvalue weighted by Gasteiger charge is -1.83. The monoisotopic (exact) mass is 204 g/mol. The highest BCUT2D eigenvalue weighted by Gasteiger charge is 2.02. The van der Waals surface area contributed by atoms with Crippen LogP contribution in [0.4, 0.5) is 0 Å². The van der Waals surface area contributed by atoms with E-state index in [4.69, 9.17) is 0 Å². The van der Waals surface area contributed by atoms with E-state index in [-0.39, 0.29) is 22.1 Å². The Morgan fingerprint density at radius 3 is 1.79 bits per heavy atom. The number of fused-ring (bicyclic) bond motifs is 1. The summed E-state index contributed by atoms with van der Waals surface area (Å²) in [5.74, 6) is 0. The summed E-state index contributed by atoms with van der Waals surface area (Å²) >= 11 is 0. The molecular formula is C5H8N4O5. The van der Waals surface area contributed by atoms with Gasteiger partial charge in [0.2, 0.25) is 0 Å². The van der Waals surface area contributed by atoms with Crippen molar-refractivity contribution in [1.82, 2.24) is 19.9 Å². The molecule has 0 saturated heterocycles. The molecule has 0 aliphatic carbocycles. The van der Waals surface area contributed by atoms with Gasteiger partial charge in [-0.25, -0.2) is 9.59 Å². The molecule has 0 aromatic carbocycles. The molecule has 2 aromatic rings. The Kier molecular flexibility index (Phi) is 3.15. The van der Waals surface area contributed by atoms with Crippen LogP contribution in [0, 0.1) is 0 Å². The van der Waals surface area contributed by atoms with E-state index in [9.17, 15) is 14.4 Å². The number of H-pyrrole nitrogens is 4. The zero-order chi connectivity index (χ0) is 8.72. The van der Waals surface area contributed by atoms with Crippen LogP contribution in [0.2, 0.25) is 0 Å². The summed E-state index contributed by atoms with van der Waals surface area (Å²) in [6.07, 6.45) is 0. The minimum absolute atomic E-state index is 0. The Labute approximate surface area is 74.4 Å². The van der Waals surface area contributed by atoms with Gasteiger partial charge < -0.3 is 11.0 Å². The normalized spacial score (nSPS) is 9.14. The molecule has 2 rings (SSSR count). The van der Waals surface area contributed by atoms with Crippen LogP contribution in [0.25, 0.3) is 11.2 Å². The SMILES string of the molecule is O.O.O=c1[nH]c(=O)c2[nH]c(=O)[nH]c2[nH]1. The lowest BCUT2D eigenvalue weighted by Crippen LogP contribution is -2.21. The van der Waals surface area contributed by atoms with Gasteiger partial charge in [0.25, 0.3) is 5.56 Å². The molecule has 0 amide bonds. The molecule has 2 heterocycles. The summed E-state index contributed by atoms with van der Waals surface area (Å²) in [6.45, 7) is 0. The minimum Gasteiger partial charge on any atom is -0.412 e. The molecule has 0 unspecified atom stereocenters. The Balaban J connectivity index is 0.000000845. The van der Waals surface area contributed by atoms with Crippen LogP contribution in [-0.2, 0) is 0 Å². The van der Waals surface area contributed by atoms with Crippen molar-refractivity contribution in [3.63, 3.8) is 0 Å². The lowest BCUT2D eigenvalue weighted by atomic mass is 10.5. The van der Waals surface area contributed by atoms with E-state index in [1.54, 1.807) is 0 Å². The summed E-state index contributed by atoms with van der Waals surface area (Å²) in [6, 6.07) is 0. The van der Waals surface area contributed by atoms with Gasteiger partial charge in [-0.15, -0.1) is 0 Å². The van der Waals surface area contributed by atoms with Gasteiger partial charge in [0.15, 0.2) is 0 Å². The van der Waals surface area contributed by atoms with E-state index in [1.165, 1.54) is 0 Å². The molecule has 78 valence electrons. The standard InChI is InChI=1S/C5H4N4O3.2H2O/c10-3-1-2(7-4(11)6-1)8-5(12)9-3;;/h(H4,6,7,8,9,10,11,12);2*1H2. The lowest BCUT2D eigenvalue weighted by molar-refractivity contribution is 0.823. The highest BCUT2D eigenvalue weighted by Crippen LogP contribution is 1.88. The summed E-state index contributed by atoms with van der Waals surface area (Å²) in [5, 5.41) is 0. The molecule has 0 spiro atoms. The van der Waals surface area contributed by atoms with Crippen molar-refractivity contribution in [1.29, 1.82) is 0 Å². The van der Waals surface area contributed by atoms with Gasteiger partial charge in [-0.2, -0.15) is 0 Å². The van der Waals surface area contributed by atoms with E-state index in [0.717, 1.165) is 0 Å². The fourth-order valence-corrected chi connectivity index (χ4v) is 0.958. The van der Waals surface area contributed by atoms with E-state index in [1.807, 2.05) is 4.98 Å². The number of rotatable bonds is 0. The summed E-state index contributed by atoms with van der Waals surface area (Å²) < 4.78 is 0. The Morgan fingerprint density at radius 2 is 1.21 bits per heavy atom. The maximum atomic E-state index is 10.9. The average molecular weight is 204 g/mol. The molecule has 9 heteroatoms. The topological polar surface area (TPSA) is 177 Å². The summed E-state index contributed by atoms with van der Waals surface area (Å²) in [4.78, 5) is 41.0. The zero-order valence-electron chi connectivity index (χ0n) is 6.72. The average Bonchev–Trinajstić information content (AvgIpc) is 2.29. The predicted molar refractivity (Wildman–Crippen MR) is 47.4 cm³/mol. The number of imidazole rings is 1. The van der Waals surface area contributed by atoms with Gasteiger partial charge in [-0.3, -0.25) is 24.7 Å². The number of aromatic amines is 4. The fourth-order valence-electron chi connectivity index (χ4n) is 0.958. The third-order valence-corrected chi connectivity index (χ3v) is 1.42. The molecule has 0 saturated carbocycles. The molecule has 0 aliphatic heterocycles. The quantitative estimate of drug-likeness (QED) is 0.349. The molecule has 0 aliphatic rings. The first-order chi connectivity index (χ1) is 5.66. The number of aromatic nitrogens is 4. The van der Waals surface area contributed by atoms with Crippen molar-refractivity contribution < 1.29 is 11.0 Å². The highest BCUT2D eigenvalue weighted by atomic mass is 16.2. The molecule has 0 radical (unpaired) electrons. The van der Waals surface area contributed by atoms with Gasteiger partial charge in [-0.05, 0) is 0 Å². The molecule has 9 nitrogen and oxygen atoms in total. The van der Waals surface area contributed by atoms with Gasteiger partial charge >= 0.3 is 11.4 Å². The van der Waals surface area contributed by atoms with Crippen molar-refractivity contribution in [2.24, 2.45) is 0 Å². The van der Waals surface area contributed by atoms with Crippen LogP contribution in [0.1, 0.15) is 0 Å². The number of nitrogens with one attached hydrogen (secondary N) is 4. The van der Waals surface area contributed by atoms with Crippen molar-refractivity contribution >= 4 is 11.2 Å². The van der Waals surface area contributed by atoms with Gasteiger partial charge in [0.05, 0.1) is 0 Å². The van der Waals surface area contributed by atoms with Crippen LogP contribution in [-0.4, -0.2) is 30.9 Å². The Morgan fingerprint density at radius 1 is 0.714 bits per heavy atom. The fraction of sp³-hybridized carbons (Fsp3) is 0. The van der Waals surface area contributed by atoms with E-state index in [0.29, 0.717) is 0 Å². The third kappa shape index (κ3) is 1.62. The first-order valence-corrected chi connectivity index (χ1v) is 3.11. The molecule has 0 fully saturated rings. The van der Waals surface area contributed by atoms with Gasteiger partial charge in [0.1, 0.15) is 11.2 Å². The largest absolute Gasteiger partial charge is 0.412 e. The predicted octanol–water partition coefficient (Wildman–Crippen LogP) is -3.42. The van der Waals surface area contributed by atoms with E-state index >= 15 is 0 Å². The van der Waals surface area contributed by atoms with Crippen LogP contribution < -0.4 is 16.9 Å². The molecule has 2 aromatic heterocycles. The second kappa shape index (κ2) is 3.72. The second-order valence-corrected chi connectivity index (χ2v) is 2.24. The van der Waals surface area contributed by atoms with Crippen molar-refractivity contribution in [2.45, 2.75) is 0 Å². The zero-order valence-corrected chi connectivity index (χ0v) is 6.72. The molecule has 0 bridgehead atoms. The summed E-state index contributed by atoms with van der Waals surface area (Å²) in [5.41, 5.74) is -1.65. The van der Waals surface area contributed by atoms with Gasteiger partial charge in [-0.1, -0.05) is 0 Å². The maximum Gasteiger partial charge on any atom is 0.327 e. The number of hydrogen-bond acceptors (Lipinski definition) is 3. The van der Waals surface area contributed by atoms with Crippen LogP contribution in [0.5, 0.6) is 0 Å². The maximum absolute atomic E-state index is 10.9. The Hall–Kier alpha value is -2.13. The van der Waals surface area contributed by atoms with Crippen molar-refractivity contribution in [2.75, 3.05) is 0 Å². The van der Waals surface area contributed by atoms with Crippen LogP contribution >= 0.6 is 0 Å². The van der Waals surface area contributed by atoms with Crippen LogP contribution in [0.15, 0.2) is 14.4 Å².